The molecule has 9 nitrogen and oxygen atoms in total. The zero-order valence-corrected chi connectivity index (χ0v) is 22.2. The molecule has 206 valence electrons. The third-order valence-corrected chi connectivity index (χ3v) is 7.77. The standard InChI is InChI=1S/C28H19F3N6O3S/c1-13-17(12-33-37(13)2)19-10-15(14-6-3-4-7-18(14)34-19)26(39)36-23-22-16(20-8-5-9-40-20)11-21(28(29,30)31)35-27(22)41-24(23)25(32)38/h3-12H,1-2H3,(H2,32,38)(H,36,39). The molecule has 0 aliphatic carbocycles. The summed E-state index contributed by atoms with van der Waals surface area (Å²) in [4.78, 5) is 34.5. The van der Waals surface area contributed by atoms with Gasteiger partial charge in [0.2, 0.25) is 0 Å². The van der Waals surface area contributed by atoms with Gasteiger partial charge in [0.15, 0.2) is 0 Å². The molecule has 6 rings (SSSR count). The molecule has 0 bridgehead atoms. The molecular formula is C28H19F3N6O3S. The van der Waals surface area contributed by atoms with E-state index < -0.39 is 23.7 Å². The maximum atomic E-state index is 13.9. The number of thiophene rings is 1. The van der Waals surface area contributed by atoms with Crippen molar-refractivity contribution in [1.29, 1.82) is 0 Å². The van der Waals surface area contributed by atoms with Gasteiger partial charge < -0.3 is 15.5 Å². The molecular weight excluding hydrogens is 557 g/mol. The van der Waals surface area contributed by atoms with Crippen LogP contribution in [0.2, 0.25) is 0 Å². The maximum Gasteiger partial charge on any atom is 0.433 e. The molecule has 1 aromatic carbocycles. The first-order valence-electron chi connectivity index (χ1n) is 12.1. The van der Waals surface area contributed by atoms with Crippen molar-refractivity contribution in [2.75, 3.05) is 5.32 Å². The lowest BCUT2D eigenvalue weighted by Gasteiger charge is -2.13. The third-order valence-electron chi connectivity index (χ3n) is 6.67. The summed E-state index contributed by atoms with van der Waals surface area (Å²) >= 11 is 0.654. The lowest BCUT2D eigenvalue weighted by molar-refractivity contribution is -0.140. The number of aryl methyl sites for hydroxylation is 1. The number of amides is 2. The van der Waals surface area contributed by atoms with E-state index >= 15 is 0 Å². The predicted octanol–water partition coefficient (Wildman–Crippen LogP) is 6.18. The zero-order chi connectivity index (χ0) is 29.1. The van der Waals surface area contributed by atoms with Gasteiger partial charge in [-0.1, -0.05) is 18.2 Å². The minimum absolute atomic E-state index is 0.00219. The smallest absolute Gasteiger partial charge is 0.433 e. The fraction of sp³-hybridized carbons (Fsp3) is 0.107. The minimum atomic E-state index is -4.77. The molecule has 6 aromatic rings. The van der Waals surface area contributed by atoms with Crippen LogP contribution in [0.25, 0.3) is 43.7 Å². The van der Waals surface area contributed by atoms with E-state index in [1.807, 2.05) is 6.92 Å². The first kappa shape index (κ1) is 26.2. The maximum absolute atomic E-state index is 13.9. The second-order valence-corrected chi connectivity index (χ2v) is 10.2. The van der Waals surface area contributed by atoms with Crippen molar-refractivity contribution < 1.29 is 27.2 Å². The predicted molar refractivity (Wildman–Crippen MR) is 147 cm³/mol. The van der Waals surface area contributed by atoms with Gasteiger partial charge in [0, 0.05) is 34.6 Å². The van der Waals surface area contributed by atoms with E-state index in [4.69, 9.17) is 15.1 Å². The summed E-state index contributed by atoms with van der Waals surface area (Å²) in [6, 6.07) is 12.4. The van der Waals surface area contributed by atoms with E-state index in [0.29, 0.717) is 27.9 Å². The van der Waals surface area contributed by atoms with Gasteiger partial charge in [-0.3, -0.25) is 14.3 Å². The molecule has 0 aliphatic rings. The SMILES string of the molecule is Cc1c(-c2cc(C(=O)Nc3c(C(N)=O)sc4nc(C(F)(F)F)cc(-c5ccco5)c34)c3ccccc3n2)cnn1C. The van der Waals surface area contributed by atoms with Crippen LogP contribution in [0, 0.1) is 6.92 Å². The van der Waals surface area contributed by atoms with Gasteiger partial charge in [-0.05, 0) is 37.3 Å². The highest BCUT2D eigenvalue weighted by molar-refractivity contribution is 7.21. The van der Waals surface area contributed by atoms with Crippen LogP contribution in [0.15, 0.2) is 65.4 Å². The van der Waals surface area contributed by atoms with E-state index in [2.05, 4.69) is 15.4 Å². The molecule has 13 heteroatoms. The Morgan fingerprint density at radius 3 is 2.51 bits per heavy atom. The molecule has 0 aliphatic heterocycles. The Morgan fingerprint density at radius 1 is 1.07 bits per heavy atom. The number of rotatable bonds is 5. The Hall–Kier alpha value is -5.04. The van der Waals surface area contributed by atoms with Crippen molar-refractivity contribution >= 4 is 50.0 Å². The molecule has 5 aromatic heterocycles. The van der Waals surface area contributed by atoms with Crippen LogP contribution in [-0.2, 0) is 13.2 Å². The molecule has 0 radical (unpaired) electrons. The normalized spacial score (nSPS) is 11.8. The Balaban J connectivity index is 1.56. The van der Waals surface area contributed by atoms with E-state index in [1.54, 1.807) is 48.3 Å². The number of carbonyl (C=O) groups excluding carboxylic acids is 2. The van der Waals surface area contributed by atoms with Crippen molar-refractivity contribution in [2.24, 2.45) is 12.8 Å². The number of para-hydroxylation sites is 1. The van der Waals surface area contributed by atoms with Gasteiger partial charge in [-0.25, -0.2) is 9.97 Å². The Kier molecular flexibility index (Phi) is 6.10. The Labute approximate surface area is 233 Å². The van der Waals surface area contributed by atoms with Crippen LogP contribution in [0.5, 0.6) is 0 Å². The highest BCUT2D eigenvalue weighted by atomic mass is 32.1. The summed E-state index contributed by atoms with van der Waals surface area (Å²) in [5.74, 6) is -1.47. The fourth-order valence-corrected chi connectivity index (χ4v) is 5.60. The molecule has 0 unspecified atom stereocenters. The molecule has 41 heavy (non-hydrogen) atoms. The van der Waals surface area contributed by atoms with Crippen LogP contribution in [0.3, 0.4) is 0 Å². The topological polar surface area (TPSA) is 129 Å². The molecule has 0 saturated carbocycles. The Morgan fingerprint density at radius 2 is 1.85 bits per heavy atom. The number of furan rings is 1. The number of fused-ring (bicyclic) bond motifs is 2. The molecule has 0 saturated heterocycles. The van der Waals surface area contributed by atoms with Crippen molar-refractivity contribution in [3.05, 3.63) is 82.8 Å². The van der Waals surface area contributed by atoms with Crippen molar-refractivity contribution in [3.8, 4) is 22.6 Å². The van der Waals surface area contributed by atoms with Gasteiger partial charge in [0.1, 0.15) is 21.2 Å². The number of hydrogen-bond acceptors (Lipinski definition) is 7. The molecule has 3 N–H and O–H groups in total. The lowest BCUT2D eigenvalue weighted by Crippen LogP contribution is -2.17. The quantitative estimate of drug-likeness (QED) is 0.252. The second kappa shape index (κ2) is 9.55. The monoisotopic (exact) mass is 576 g/mol. The average Bonchev–Trinajstić information content (AvgIpc) is 3.67. The van der Waals surface area contributed by atoms with Crippen LogP contribution in [0.1, 0.15) is 31.4 Å². The number of pyridine rings is 2. The summed E-state index contributed by atoms with van der Waals surface area (Å²) < 4.78 is 48.3. The van der Waals surface area contributed by atoms with Crippen molar-refractivity contribution in [2.45, 2.75) is 13.1 Å². The summed E-state index contributed by atoms with van der Waals surface area (Å²) in [6.45, 7) is 1.87. The highest BCUT2D eigenvalue weighted by Gasteiger charge is 2.35. The minimum Gasteiger partial charge on any atom is -0.464 e. The largest absolute Gasteiger partial charge is 0.464 e. The number of nitrogens with zero attached hydrogens (tertiary/aromatic N) is 4. The number of anilines is 1. The number of benzene rings is 1. The fourth-order valence-electron chi connectivity index (χ4n) is 4.59. The first-order chi connectivity index (χ1) is 19.5. The number of halogens is 3. The van der Waals surface area contributed by atoms with Crippen LogP contribution in [-0.4, -0.2) is 31.6 Å². The number of aromatic nitrogens is 4. The average molecular weight is 577 g/mol. The number of nitrogens with two attached hydrogens (primary N) is 1. The summed E-state index contributed by atoms with van der Waals surface area (Å²) in [7, 11) is 1.79. The highest BCUT2D eigenvalue weighted by Crippen LogP contribution is 2.44. The molecule has 0 fully saturated rings. The van der Waals surface area contributed by atoms with Gasteiger partial charge >= 0.3 is 6.18 Å². The van der Waals surface area contributed by atoms with E-state index in [1.165, 1.54) is 18.4 Å². The van der Waals surface area contributed by atoms with E-state index in [9.17, 15) is 22.8 Å². The van der Waals surface area contributed by atoms with Crippen LogP contribution >= 0.6 is 11.3 Å². The van der Waals surface area contributed by atoms with Gasteiger partial charge in [0.25, 0.3) is 11.8 Å². The number of primary amides is 1. The Bertz CT molecular complexity index is 1990. The molecule has 5 heterocycles. The number of alkyl halides is 3. The van der Waals surface area contributed by atoms with Crippen LogP contribution < -0.4 is 11.1 Å². The van der Waals surface area contributed by atoms with Gasteiger partial charge in [-0.15, -0.1) is 11.3 Å². The summed E-state index contributed by atoms with van der Waals surface area (Å²) in [5, 5.41) is 7.63. The van der Waals surface area contributed by atoms with Gasteiger partial charge in [-0.2, -0.15) is 18.3 Å². The number of hydrogen-bond donors (Lipinski definition) is 2. The van der Waals surface area contributed by atoms with Crippen molar-refractivity contribution in [3.63, 3.8) is 0 Å². The third kappa shape index (κ3) is 4.49. The number of nitrogens with one attached hydrogen (secondary N) is 1. The van der Waals surface area contributed by atoms with Crippen LogP contribution in [0.4, 0.5) is 18.9 Å². The van der Waals surface area contributed by atoms with Gasteiger partial charge in [0.05, 0.1) is 34.9 Å². The molecule has 0 spiro atoms. The van der Waals surface area contributed by atoms with E-state index in [-0.39, 0.29) is 37.7 Å². The summed E-state index contributed by atoms with van der Waals surface area (Å²) in [5.41, 5.74) is 7.19. The van der Waals surface area contributed by atoms with E-state index in [0.717, 1.165) is 17.3 Å². The summed E-state index contributed by atoms with van der Waals surface area (Å²) in [6.07, 6.45) is -1.82. The molecule has 2 amide bonds. The van der Waals surface area contributed by atoms with Crippen molar-refractivity contribution in [1.82, 2.24) is 19.7 Å². The molecule has 0 atom stereocenters. The first-order valence-corrected chi connectivity index (χ1v) is 12.9. The number of carbonyl (C=O) groups is 2. The zero-order valence-electron chi connectivity index (χ0n) is 21.4. The lowest BCUT2D eigenvalue weighted by atomic mass is 10.0. The second-order valence-electron chi connectivity index (χ2n) is 9.17.